The molecular weight excluding hydrogens is 447 g/mol. The number of aliphatic hydroxyl groups excluding tert-OH is 1. The molecule has 3 rings (SSSR count). The van der Waals surface area contributed by atoms with E-state index in [1.165, 1.54) is 4.68 Å². The van der Waals surface area contributed by atoms with E-state index in [4.69, 9.17) is 25.9 Å². The Morgan fingerprint density at radius 3 is 2.21 bits per heavy atom. The van der Waals surface area contributed by atoms with E-state index in [-0.39, 0.29) is 12.3 Å². The number of carbonyl (C=O) groups is 2. The summed E-state index contributed by atoms with van der Waals surface area (Å²) in [6.45, 7) is 0.650. The monoisotopic (exact) mass is 467 g/mol. The van der Waals surface area contributed by atoms with Gasteiger partial charge in [-0.15, -0.1) is 0 Å². The number of aromatic nitrogens is 3. The molecule has 0 fully saturated rings. The van der Waals surface area contributed by atoms with Gasteiger partial charge in [0.05, 0.1) is 24.5 Å². The zero-order valence-electron chi connectivity index (χ0n) is 17.0. The molecule has 1 amide bonds. The van der Waals surface area contributed by atoms with Crippen LogP contribution in [0.1, 0.15) is 16.1 Å². The normalized spacial score (nSPS) is 10.8. The van der Waals surface area contributed by atoms with Crippen LogP contribution in [0, 0.1) is 0 Å². The Balaban J connectivity index is 0.000000479. The van der Waals surface area contributed by atoms with E-state index in [1.807, 2.05) is 30.3 Å². The lowest BCUT2D eigenvalue weighted by molar-refractivity contribution is -0.192. The summed E-state index contributed by atoms with van der Waals surface area (Å²) in [5.41, 5.74) is 11.2. The zero-order valence-corrected chi connectivity index (χ0v) is 17.0. The molecule has 0 bridgehead atoms. The average Bonchev–Trinajstić information content (AvgIpc) is 3.23. The van der Waals surface area contributed by atoms with Crippen LogP contribution in [-0.4, -0.2) is 54.8 Å². The summed E-state index contributed by atoms with van der Waals surface area (Å²) < 4.78 is 33.2. The number of nitrogens with one attached hydrogen (secondary N) is 1. The number of hydroxylamine groups is 1. The van der Waals surface area contributed by atoms with Gasteiger partial charge in [0.1, 0.15) is 5.69 Å². The largest absolute Gasteiger partial charge is 0.490 e. The number of aliphatic hydroxyl groups is 1. The fourth-order valence-electron chi connectivity index (χ4n) is 2.62. The number of pyridine rings is 1. The summed E-state index contributed by atoms with van der Waals surface area (Å²) in [6, 6.07) is 12.7. The Morgan fingerprint density at radius 2 is 1.70 bits per heavy atom. The number of aliphatic carboxylic acids is 1. The van der Waals surface area contributed by atoms with Crippen LogP contribution in [0.25, 0.3) is 22.5 Å². The fourth-order valence-corrected chi connectivity index (χ4v) is 2.62. The molecule has 1 aromatic carbocycles. The molecule has 0 aliphatic rings. The second kappa shape index (κ2) is 11.2. The highest BCUT2D eigenvalue weighted by molar-refractivity contribution is 5.93. The van der Waals surface area contributed by atoms with E-state index in [9.17, 15) is 18.0 Å². The molecule has 0 spiro atoms. The van der Waals surface area contributed by atoms with Crippen molar-refractivity contribution in [3.8, 4) is 22.5 Å². The van der Waals surface area contributed by atoms with Crippen LogP contribution in [0.4, 0.5) is 13.2 Å². The number of benzene rings is 1. The van der Waals surface area contributed by atoms with Gasteiger partial charge < -0.3 is 15.9 Å². The molecule has 0 atom stereocenters. The van der Waals surface area contributed by atoms with Crippen LogP contribution in [0.5, 0.6) is 0 Å². The first-order chi connectivity index (χ1) is 15.6. The van der Waals surface area contributed by atoms with Crippen molar-refractivity contribution >= 4 is 11.9 Å². The van der Waals surface area contributed by atoms with Crippen molar-refractivity contribution in [2.45, 2.75) is 19.3 Å². The predicted octanol–water partition coefficient (Wildman–Crippen LogP) is 1.82. The number of rotatable bonds is 6. The van der Waals surface area contributed by atoms with Gasteiger partial charge in [-0.25, -0.2) is 10.3 Å². The summed E-state index contributed by atoms with van der Waals surface area (Å²) in [5.74, 6) is -3.40. The van der Waals surface area contributed by atoms with E-state index in [0.717, 1.165) is 22.4 Å². The van der Waals surface area contributed by atoms with Gasteiger partial charge >= 0.3 is 12.1 Å². The SMILES string of the molecule is NCCn1nc(-c2ccnc(-c3ccc(CO)cc3)c2)cc1C(=O)NO.O=C(O)C(F)(F)F. The van der Waals surface area contributed by atoms with Crippen molar-refractivity contribution < 1.29 is 38.2 Å². The van der Waals surface area contributed by atoms with E-state index in [2.05, 4.69) is 10.1 Å². The molecule has 0 aliphatic heterocycles. The molecule has 0 saturated carbocycles. The first kappa shape index (κ1) is 25.5. The van der Waals surface area contributed by atoms with Gasteiger partial charge in [0.15, 0.2) is 0 Å². The Bertz CT molecular complexity index is 1100. The number of amides is 1. The van der Waals surface area contributed by atoms with Gasteiger partial charge in [-0.1, -0.05) is 24.3 Å². The van der Waals surface area contributed by atoms with Crippen molar-refractivity contribution in [1.82, 2.24) is 20.2 Å². The van der Waals surface area contributed by atoms with Gasteiger partial charge in [-0.3, -0.25) is 19.7 Å². The smallest absolute Gasteiger partial charge is 0.475 e. The maximum atomic E-state index is 11.8. The van der Waals surface area contributed by atoms with Crippen LogP contribution in [0.15, 0.2) is 48.7 Å². The van der Waals surface area contributed by atoms with Crippen LogP contribution in [0.3, 0.4) is 0 Å². The van der Waals surface area contributed by atoms with E-state index >= 15 is 0 Å². The lowest BCUT2D eigenvalue weighted by Gasteiger charge is -2.04. The third-order valence-corrected chi connectivity index (χ3v) is 4.19. The third-order valence-electron chi connectivity index (χ3n) is 4.19. The van der Waals surface area contributed by atoms with Crippen molar-refractivity contribution in [2.75, 3.05) is 6.54 Å². The van der Waals surface area contributed by atoms with Crippen molar-refractivity contribution in [2.24, 2.45) is 5.73 Å². The Labute approximate surface area is 185 Å². The minimum atomic E-state index is -5.08. The minimum Gasteiger partial charge on any atom is -0.475 e. The minimum absolute atomic E-state index is 0.0119. The summed E-state index contributed by atoms with van der Waals surface area (Å²) in [5, 5.41) is 29.6. The van der Waals surface area contributed by atoms with Crippen LogP contribution < -0.4 is 11.2 Å². The summed E-state index contributed by atoms with van der Waals surface area (Å²) in [7, 11) is 0. The van der Waals surface area contributed by atoms with Gasteiger partial charge in [-0.05, 0) is 23.8 Å². The van der Waals surface area contributed by atoms with Gasteiger partial charge in [0.2, 0.25) is 0 Å². The second-order valence-corrected chi connectivity index (χ2v) is 6.46. The number of nitrogens with two attached hydrogens (primary N) is 1. The molecular formula is C20H20F3N5O5. The average molecular weight is 467 g/mol. The molecule has 0 aliphatic carbocycles. The highest BCUT2D eigenvalue weighted by Crippen LogP contribution is 2.25. The van der Waals surface area contributed by atoms with E-state index in [0.29, 0.717) is 18.8 Å². The van der Waals surface area contributed by atoms with Gasteiger partial charge in [0.25, 0.3) is 5.91 Å². The summed E-state index contributed by atoms with van der Waals surface area (Å²) in [4.78, 5) is 25.1. The fraction of sp³-hybridized carbons (Fsp3) is 0.200. The predicted molar refractivity (Wildman–Crippen MR) is 109 cm³/mol. The zero-order chi connectivity index (χ0) is 24.6. The molecule has 10 nitrogen and oxygen atoms in total. The Kier molecular flexibility index (Phi) is 8.62. The van der Waals surface area contributed by atoms with Gasteiger partial charge in [-0.2, -0.15) is 18.3 Å². The molecule has 2 aromatic heterocycles. The van der Waals surface area contributed by atoms with Gasteiger partial charge in [0, 0.05) is 23.9 Å². The molecule has 2 heterocycles. The van der Waals surface area contributed by atoms with Crippen LogP contribution >= 0.6 is 0 Å². The number of nitrogens with zero attached hydrogens (tertiary/aromatic N) is 3. The maximum absolute atomic E-state index is 11.8. The standard InChI is InChI=1S/C18H19N5O3.C2HF3O2/c19-6-8-23-17(18(25)22-26)10-16(21-23)14-5-7-20-15(9-14)13-3-1-12(11-24)2-4-13;3-2(4,5)1(6)7/h1-5,7,9-10,24,26H,6,8,11,19H2,(H,22,25);(H,6,7). The number of carboxylic acids is 1. The topological polar surface area (TPSA) is 164 Å². The Morgan fingerprint density at radius 1 is 1.06 bits per heavy atom. The number of halogens is 3. The quantitative estimate of drug-likeness (QED) is 0.271. The van der Waals surface area contributed by atoms with Crippen molar-refractivity contribution in [3.63, 3.8) is 0 Å². The first-order valence-electron chi connectivity index (χ1n) is 9.29. The number of hydrogen-bond acceptors (Lipinski definition) is 7. The summed E-state index contributed by atoms with van der Waals surface area (Å²) in [6.07, 6.45) is -3.42. The summed E-state index contributed by atoms with van der Waals surface area (Å²) >= 11 is 0. The highest BCUT2D eigenvalue weighted by Gasteiger charge is 2.38. The van der Waals surface area contributed by atoms with E-state index < -0.39 is 18.1 Å². The highest BCUT2D eigenvalue weighted by atomic mass is 19.4. The molecule has 176 valence electrons. The number of hydrogen-bond donors (Lipinski definition) is 5. The number of carbonyl (C=O) groups excluding carboxylic acids is 1. The number of alkyl halides is 3. The second-order valence-electron chi connectivity index (χ2n) is 6.46. The molecule has 33 heavy (non-hydrogen) atoms. The van der Waals surface area contributed by atoms with Crippen molar-refractivity contribution in [1.29, 1.82) is 0 Å². The van der Waals surface area contributed by atoms with Crippen LogP contribution in [0.2, 0.25) is 0 Å². The molecule has 3 aromatic rings. The lowest BCUT2D eigenvalue weighted by Crippen LogP contribution is -2.24. The maximum Gasteiger partial charge on any atom is 0.490 e. The molecule has 6 N–H and O–H groups in total. The Hall–Kier alpha value is -3.81. The van der Waals surface area contributed by atoms with Crippen LogP contribution in [-0.2, 0) is 17.9 Å². The molecule has 13 heteroatoms. The third kappa shape index (κ3) is 6.83. The molecule has 0 unspecified atom stereocenters. The van der Waals surface area contributed by atoms with E-state index in [1.54, 1.807) is 23.8 Å². The lowest BCUT2D eigenvalue weighted by atomic mass is 10.1. The first-order valence-corrected chi connectivity index (χ1v) is 9.29. The molecule has 0 radical (unpaired) electrons. The number of carboxylic acid groups (broad SMARTS) is 1. The van der Waals surface area contributed by atoms with Crippen molar-refractivity contribution in [3.05, 3.63) is 59.9 Å². The molecule has 0 saturated heterocycles.